The van der Waals surface area contributed by atoms with Crippen molar-refractivity contribution >= 4 is 11.7 Å². The Balaban J connectivity index is 1.97. The van der Waals surface area contributed by atoms with E-state index in [1.807, 2.05) is 54.9 Å². The van der Waals surface area contributed by atoms with Crippen LogP contribution in [0.15, 0.2) is 60.9 Å². The van der Waals surface area contributed by atoms with E-state index >= 15 is 0 Å². The summed E-state index contributed by atoms with van der Waals surface area (Å²) in [5.74, 6) is -0.901. The second-order valence-corrected chi connectivity index (χ2v) is 6.39. The number of benzene rings is 2. The normalized spacial score (nSPS) is 16.5. The molecule has 25 heavy (non-hydrogen) atoms. The van der Waals surface area contributed by atoms with E-state index in [2.05, 4.69) is 23.8 Å². The van der Waals surface area contributed by atoms with Gasteiger partial charge in [0.25, 0.3) is 0 Å². The van der Waals surface area contributed by atoms with Crippen LogP contribution < -0.4 is 4.90 Å². The van der Waals surface area contributed by atoms with Crippen LogP contribution in [0, 0.1) is 0 Å². The largest absolute Gasteiger partial charge is 0.478 e. The van der Waals surface area contributed by atoms with Gasteiger partial charge in [-0.3, -0.25) is 0 Å². The third-order valence-corrected chi connectivity index (χ3v) is 4.69. The fourth-order valence-corrected chi connectivity index (χ4v) is 3.30. The van der Waals surface area contributed by atoms with Gasteiger partial charge in [0, 0.05) is 25.1 Å². The van der Waals surface area contributed by atoms with Crippen molar-refractivity contribution in [2.45, 2.75) is 32.4 Å². The van der Waals surface area contributed by atoms with Crippen LogP contribution in [-0.4, -0.2) is 29.2 Å². The van der Waals surface area contributed by atoms with E-state index in [9.17, 15) is 9.90 Å². The van der Waals surface area contributed by atoms with Gasteiger partial charge in [0.05, 0.1) is 5.56 Å². The molecule has 1 N–H and O–H groups in total. The summed E-state index contributed by atoms with van der Waals surface area (Å²) in [6, 6.07) is 15.4. The minimum Gasteiger partial charge on any atom is -0.478 e. The number of nitrogens with zero attached hydrogens (tertiary/aromatic N) is 2. The summed E-state index contributed by atoms with van der Waals surface area (Å²) in [6.45, 7) is 2.18. The zero-order valence-electron chi connectivity index (χ0n) is 14.7. The summed E-state index contributed by atoms with van der Waals surface area (Å²) in [5.41, 5.74) is 2.92. The number of carboxylic acids is 1. The molecule has 0 radical (unpaired) electrons. The summed E-state index contributed by atoms with van der Waals surface area (Å²) in [6.07, 6.45) is 7.65. The standard InChI is InChI=1S/C21H24N2O2/c1-3-4-10-20-22(2)13-14-23(20)17-11-12-18(19(15-17)21(24)25)16-8-6-5-7-9-16/h5-9,11-15,20H,3-4,10H2,1-2H3,(H,24,25). The molecule has 0 saturated heterocycles. The summed E-state index contributed by atoms with van der Waals surface area (Å²) >= 11 is 0. The molecule has 0 saturated carbocycles. The molecule has 0 spiro atoms. The van der Waals surface area contributed by atoms with E-state index in [4.69, 9.17) is 0 Å². The van der Waals surface area contributed by atoms with Gasteiger partial charge in [-0.2, -0.15) is 0 Å². The van der Waals surface area contributed by atoms with E-state index in [1.165, 1.54) is 0 Å². The lowest BCUT2D eigenvalue weighted by Crippen LogP contribution is -2.36. The van der Waals surface area contributed by atoms with E-state index in [0.717, 1.165) is 36.1 Å². The first-order valence-corrected chi connectivity index (χ1v) is 8.73. The Hall–Kier alpha value is -2.75. The van der Waals surface area contributed by atoms with Gasteiger partial charge >= 0.3 is 5.97 Å². The topological polar surface area (TPSA) is 43.8 Å². The van der Waals surface area contributed by atoms with Crippen molar-refractivity contribution in [1.82, 2.24) is 4.90 Å². The predicted molar refractivity (Wildman–Crippen MR) is 102 cm³/mol. The Morgan fingerprint density at radius 2 is 1.88 bits per heavy atom. The van der Waals surface area contributed by atoms with Crippen LogP contribution in [0.25, 0.3) is 11.1 Å². The highest BCUT2D eigenvalue weighted by Gasteiger charge is 2.25. The minimum absolute atomic E-state index is 0.240. The van der Waals surface area contributed by atoms with Crippen LogP contribution in [-0.2, 0) is 0 Å². The molecule has 1 atom stereocenters. The SMILES string of the molecule is CCCCC1N(C)C=CN1c1ccc(-c2ccccc2)c(C(=O)O)c1. The first-order chi connectivity index (χ1) is 12.1. The smallest absolute Gasteiger partial charge is 0.336 e. The van der Waals surface area contributed by atoms with Gasteiger partial charge in [-0.05, 0) is 36.1 Å². The quantitative estimate of drug-likeness (QED) is 0.823. The molecule has 0 fully saturated rings. The highest BCUT2D eigenvalue weighted by Crippen LogP contribution is 2.32. The van der Waals surface area contributed by atoms with E-state index < -0.39 is 5.97 Å². The number of rotatable bonds is 6. The molecule has 1 aliphatic heterocycles. The summed E-state index contributed by atoms with van der Waals surface area (Å²) < 4.78 is 0. The Labute approximate surface area is 149 Å². The van der Waals surface area contributed by atoms with Crippen molar-refractivity contribution in [1.29, 1.82) is 0 Å². The van der Waals surface area contributed by atoms with Gasteiger partial charge in [-0.15, -0.1) is 0 Å². The van der Waals surface area contributed by atoms with E-state index in [-0.39, 0.29) is 6.17 Å². The third kappa shape index (κ3) is 3.53. The van der Waals surface area contributed by atoms with Gasteiger partial charge < -0.3 is 14.9 Å². The molecule has 1 heterocycles. The molecule has 4 nitrogen and oxygen atoms in total. The van der Waals surface area contributed by atoms with Crippen molar-refractivity contribution in [3.05, 3.63) is 66.5 Å². The summed E-state index contributed by atoms with van der Waals surface area (Å²) in [7, 11) is 2.06. The van der Waals surface area contributed by atoms with Crippen LogP contribution in [0.3, 0.4) is 0 Å². The monoisotopic (exact) mass is 336 g/mol. The number of aromatic carboxylic acids is 1. The molecule has 0 bridgehead atoms. The van der Waals surface area contributed by atoms with Crippen LogP contribution in [0.4, 0.5) is 5.69 Å². The Morgan fingerprint density at radius 1 is 1.12 bits per heavy atom. The zero-order chi connectivity index (χ0) is 17.8. The molecule has 0 aromatic heterocycles. The number of carboxylic acid groups (broad SMARTS) is 1. The lowest BCUT2D eigenvalue weighted by atomic mass is 9.98. The van der Waals surface area contributed by atoms with Crippen molar-refractivity contribution < 1.29 is 9.90 Å². The lowest BCUT2D eigenvalue weighted by Gasteiger charge is -2.31. The van der Waals surface area contributed by atoms with Gasteiger partial charge in [-0.25, -0.2) is 4.79 Å². The molecule has 0 amide bonds. The van der Waals surface area contributed by atoms with E-state index in [1.54, 1.807) is 6.07 Å². The Morgan fingerprint density at radius 3 is 2.56 bits per heavy atom. The number of hydrogen-bond donors (Lipinski definition) is 1. The zero-order valence-corrected chi connectivity index (χ0v) is 14.7. The first-order valence-electron chi connectivity index (χ1n) is 8.73. The third-order valence-electron chi connectivity index (χ3n) is 4.69. The molecular formula is C21H24N2O2. The first kappa shape index (κ1) is 17.1. The molecule has 0 aliphatic carbocycles. The van der Waals surface area contributed by atoms with Gasteiger partial charge in [0.15, 0.2) is 0 Å². The molecule has 2 aromatic rings. The number of unbranched alkanes of at least 4 members (excludes halogenated alkanes) is 1. The van der Waals surface area contributed by atoms with Crippen molar-refractivity contribution in [3.8, 4) is 11.1 Å². The molecule has 3 rings (SSSR count). The summed E-state index contributed by atoms with van der Waals surface area (Å²) in [4.78, 5) is 16.2. The fourth-order valence-electron chi connectivity index (χ4n) is 3.30. The van der Waals surface area contributed by atoms with Gasteiger partial charge in [0.2, 0.25) is 0 Å². The molecular weight excluding hydrogens is 312 g/mol. The lowest BCUT2D eigenvalue weighted by molar-refractivity contribution is 0.0697. The van der Waals surface area contributed by atoms with Gasteiger partial charge in [0.1, 0.15) is 6.17 Å². The second-order valence-electron chi connectivity index (χ2n) is 6.39. The van der Waals surface area contributed by atoms with Crippen LogP contribution in [0.2, 0.25) is 0 Å². The van der Waals surface area contributed by atoms with E-state index in [0.29, 0.717) is 5.56 Å². The Bertz CT molecular complexity index is 771. The number of anilines is 1. The predicted octanol–water partition coefficient (Wildman–Crippen LogP) is 4.79. The van der Waals surface area contributed by atoms with Crippen molar-refractivity contribution in [2.24, 2.45) is 0 Å². The van der Waals surface area contributed by atoms with Crippen molar-refractivity contribution in [2.75, 3.05) is 11.9 Å². The highest BCUT2D eigenvalue weighted by molar-refractivity contribution is 5.97. The van der Waals surface area contributed by atoms with Crippen LogP contribution in [0.5, 0.6) is 0 Å². The maximum atomic E-state index is 11.8. The molecule has 2 aromatic carbocycles. The number of carbonyl (C=O) groups is 1. The van der Waals surface area contributed by atoms with Crippen LogP contribution in [0.1, 0.15) is 36.5 Å². The minimum atomic E-state index is -0.901. The second kappa shape index (κ2) is 7.43. The average molecular weight is 336 g/mol. The molecule has 1 aliphatic rings. The highest BCUT2D eigenvalue weighted by atomic mass is 16.4. The maximum Gasteiger partial charge on any atom is 0.336 e. The number of hydrogen-bond acceptors (Lipinski definition) is 3. The summed E-state index contributed by atoms with van der Waals surface area (Å²) in [5, 5.41) is 9.71. The fraction of sp³-hybridized carbons (Fsp3) is 0.286. The molecule has 130 valence electrons. The average Bonchev–Trinajstić information content (AvgIpc) is 3.00. The maximum absolute atomic E-state index is 11.8. The molecule has 1 unspecified atom stereocenters. The molecule has 4 heteroatoms. The van der Waals surface area contributed by atoms with Crippen LogP contribution >= 0.6 is 0 Å². The Kier molecular flexibility index (Phi) is 5.08. The van der Waals surface area contributed by atoms with Crippen molar-refractivity contribution in [3.63, 3.8) is 0 Å². The van der Waals surface area contributed by atoms with Gasteiger partial charge in [-0.1, -0.05) is 49.7 Å².